The molecule has 0 atom stereocenters. The minimum Gasteiger partial charge on any atom is -0.267 e. The van der Waals surface area contributed by atoms with Crippen molar-refractivity contribution in [2.75, 3.05) is 7.05 Å². The van der Waals surface area contributed by atoms with Gasteiger partial charge in [-0.25, -0.2) is 10.0 Å². The number of amides is 2. The fourth-order valence-electron chi connectivity index (χ4n) is 2.83. The maximum atomic E-state index is 13.2. The quantitative estimate of drug-likeness (QED) is 0.571. The van der Waals surface area contributed by atoms with Crippen LogP contribution in [0.1, 0.15) is 41.5 Å². The van der Waals surface area contributed by atoms with Crippen molar-refractivity contribution in [2.24, 2.45) is 0 Å². The van der Waals surface area contributed by atoms with Crippen molar-refractivity contribution in [1.82, 2.24) is 10.0 Å². The highest BCUT2D eigenvalue weighted by molar-refractivity contribution is 6.01. The van der Waals surface area contributed by atoms with Crippen LogP contribution in [-0.4, -0.2) is 44.3 Å². The Labute approximate surface area is 166 Å². The summed E-state index contributed by atoms with van der Waals surface area (Å²) in [6.07, 6.45) is 0. The third-order valence-corrected chi connectivity index (χ3v) is 4.06. The second-order valence-corrected chi connectivity index (χ2v) is 7.20. The van der Waals surface area contributed by atoms with Gasteiger partial charge in [0.25, 0.3) is 23.2 Å². The molecule has 0 N–H and O–H groups in total. The molecule has 0 unspecified atom stereocenters. The molecule has 0 aliphatic heterocycles. The van der Waals surface area contributed by atoms with Crippen LogP contribution < -0.4 is 0 Å². The second kappa shape index (κ2) is 8.05. The fourth-order valence-corrected chi connectivity index (χ4v) is 2.83. The maximum absolute atomic E-state index is 13.2. The number of hydrogen-bond acceptors (Lipinski definition) is 6. The Bertz CT molecular complexity index is 968. The summed E-state index contributed by atoms with van der Waals surface area (Å²) in [7, 11) is 1.38. The molecule has 0 radical (unpaired) electrons. The molecule has 0 aromatic heterocycles. The predicted molar refractivity (Wildman–Crippen MR) is 104 cm³/mol. The Morgan fingerprint density at radius 3 is 1.97 bits per heavy atom. The summed E-state index contributed by atoms with van der Waals surface area (Å²) >= 11 is 0. The zero-order valence-electron chi connectivity index (χ0n) is 16.4. The first-order chi connectivity index (χ1) is 13.4. The van der Waals surface area contributed by atoms with E-state index < -0.39 is 38.6 Å². The van der Waals surface area contributed by atoms with Crippen molar-refractivity contribution >= 4 is 23.2 Å². The molecule has 0 saturated carbocycles. The minimum atomic E-state index is -0.925. The number of nitro groups is 2. The Morgan fingerprint density at radius 2 is 1.48 bits per heavy atom. The molecular weight excluding hydrogens is 380 g/mol. The smallest absolute Gasteiger partial charge is 0.267 e. The van der Waals surface area contributed by atoms with E-state index in [-0.39, 0.29) is 5.56 Å². The Morgan fingerprint density at radius 1 is 0.897 bits per heavy atom. The minimum absolute atomic E-state index is 0.329. The van der Waals surface area contributed by atoms with Crippen molar-refractivity contribution in [3.8, 4) is 0 Å². The van der Waals surface area contributed by atoms with E-state index in [4.69, 9.17) is 0 Å². The largest absolute Gasteiger partial charge is 0.289 e. The van der Waals surface area contributed by atoms with Gasteiger partial charge in [-0.05, 0) is 39.0 Å². The van der Waals surface area contributed by atoms with Gasteiger partial charge in [0.05, 0.1) is 21.5 Å². The van der Waals surface area contributed by atoms with Crippen LogP contribution in [0, 0.1) is 20.2 Å². The molecule has 152 valence electrons. The van der Waals surface area contributed by atoms with Gasteiger partial charge in [0.15, 0.2) is 0 Å². The summed E-state index contributed by atoms with van der Waals surface area (Å²) in [6, 6.07) is 11.0. The zero-order valence-corrected chi connectivity index (χ0v) is 16.4. The van der Waals surface area contributed by atoms with Gasteiger partial charge in [-0.2, -0.15) is 0 Å². The predicted octanol–water partition coefficient (Wildman–Crippen LogP) is 3.43. The number of rotatable bonds is 4. The van der Waals surface area contributed by atoms with E-state index in [2.05, 4.69) is 0 Å². The summed E-state index contributed by atoms with van der Waals surface area (Å²) in [5.41, 5.74) is -2.17. The molecule has 29 heavy (non-hydrogen) atoms. The zero-order chi connectivity index (χ0) is 21.9. The number of non-ortho nitro benzene ring substituents is 1. The van der Waals surface area contributed by atoms with E-state index in [1.165, 1.54) is 7.05 Å². The van der Waals surface area contributed by atoms with Crippen LogP contribution in [-0.2, 0) is 0 Å². The maximum Gasteiger partial charge on any atom is 0.289 e. The lowest BCUT2D eigenvalue weighted by atomic mass is 10.0. The van der Waals surface area contributed by atoms with Crippen LogP contribution in [0.25, 0.3) is 0 Å². The van der Waals surface area contributed by atoms with Crippen LogP contribution in [0.4, 0.5) is 11.4 Å². The van der Waals surface area contributed by atoms with Crippen LogP contribution in [0.2, 0.25) is 0 Å². The molecule has 2 amide bonds. The van der Waals surface area contributed by atoms with Gasteiger partial charge in [0, 0.05) is 18.7 Å². The highest BCUT2D eigenvalue weighted by Crippen LogP contribution is 2.29. The standard InChI is InChI=1S/C19H20N4O6/c1-19(2,3)21(20(4)17(24)13-8-6-5-7-9-13)18(25)15-11-10-14(22(26)27)12-16(15)23(28)29/h5-12H,1-4H3. The van der Waals surface area contributed by atoms with E-state index >= 15 is 0 Å². The lowest BCUT2D eigenvalue weighted by Crippen LogP contribution is -2.56. The first-order valence-corrected chi connectivity index (χ1v) is 8.55. The molecular formula is C19H20N4O6. The molecule has 10 heteroatoms. The number of carbonyl (C=O) groups excluding carboxylic acids is 2. The van der Waals surface area contributed by atoms with Crippen molar-refractivity contribution in [3.05, 3.63) is 79.9 Å². The molecule has 2 aromatic carbocycles. The molecule has 0 heterocycles. The molecule has 0 fully saturated rings. The molecule has 0 aliphatic carbocycles. The Hall–Kier alpha value is -3.82. The molecule has 2 rings (SSSR count). The number of nitro benzene ring substituents is 2. The molecule has 10 nitrogen and oxygen atoms in total. The van der Waals surface area contributed by atoms with E-state index in [0.29, 0.717) is 5.56 Å². The Kier molecular flexibility index (Phi) is 5.96. The summed E-state index contributed by atoms with van der Waals surface area (Å²) < 4.78 is 0. The number of benzene rings is 2. The van der Waals surface area contributed by atoms with Gasteiger partial charge in [-0.3, -0.25) is 29.8 Å². The summed E-state index contributed by atoms with van der Waals surface area (Å²) in [5.74, 6) is -1.32. The van der Waals surface area contributed by atoms with Gasteiger partial charge < -0.3 is 0 Å². The summed E-state index contributed by atoms with van der Waals surface area (Å²) in [5, 5.41) is 24.5. The lowest BCUT2D eigenvalue weighted by Gasteiger charge is -2.41. The second-order valence-electron chi connectivity index (χ2n) is 7.20. The van der Waals surface area contributed by atoms with Crippen molar-refractivity contribution in [2.45, 2.75) is 26.3 Å². The van der Waals surface area contributed by atoms with Crippen molar-refractivity contribution < 1.29 is 19.4 Å². The monoisotopic (exact) mass is 400 g/mol. The highest BCUT2D eigenvalue weighted by atomic mass is 16.6. The number of hydrogen-bond donors (Lipinski definition) is 0. The van der Waals surface area contributed by atoms with Crippen LogP contribution in [0.15, 0.2) is 48.5 Å². The van der Waals surface area contributed by atoms with Gasteiger partial charge >= 0.3 is 0 Å². The molecule has 0 spiro atoms. The Balaban J connectivity index is 2.54. The van der Waals surface area contributed by atoms with Gasteiger partial charge in [0.1, 0.15) is 5.56 Å². The fraction of sp³-hybridized carbons (Fsp3) is 0.263. The van der Waals surface area contributed by atoms with E-state index in [1.807, 2.05) is 0 Å². The van der Waals surface area contributed by atoms with Gasteiger partial charge in [-0.15, -0.1) is 0 Å². The SMILES string of the molecule is CN(C(=O)c1ccccc1)N(C(=O)c1ccc([N+](=O)[O-])cc1[N+](=O)[O-])C(C)(C)C. The third kappa shape index (κ3) is 4.54. The summed E-state index contributed by atoms with van der Waals surface area (Å²) in [4.78, 5) is 46.8. The van der Waals surface area contributed by atoms with Crippen molar-refractivity contribution in [3.63, 3.8) is 0 Å². The first-order valence-electron chi connectivity index (χ1n) is 8.55. The lowest BCUT2D eigenvalue weighted by molar-refractivity contribution is -0.394. The van der Waals surface area contributed by atoms with Gasteiger partial charge in [0.2, 0.25) is 0 Å². The average molecular weight is 400 g/mol. The number of hydrazine groups is 1. The van der Waals surface area contributed by atoms with Crippen LogP contribution in [0.5, 0.6) is 0 Å². The molecule has 0 bridgehead atoms. The van der Waals surface area contributed by atoms with E-state index in [0.717, 1.165) is 28.2 Å². The van der Waals surface area contributed by atoms with Crippen LogP contribution >= 0.6 is 0 Å². The van der Waals surface area contributed by atoms with E-state index in [1.54, 1.807) is 51.1 Å². The van der Waals surface area contributed by atoms with E-state index in [9.17, 15) is 29.8 Å². The molecule has 0 aliphatic rings. The van der Waals surface area contributed by atoms with Gasteiger partial charge in [-0.1, -0.05) is 18.2 Å². The first kappa shape index (κ1) is 21.5. The highest BCUT2D eigenvalue weighted by Gasteiger charge is 2.37. The topological polar surface area (TPSA) is 127 Å². The molecule has 0 saturated heterocycles. The third-order valence-electron chi connectivity index (χ3n) is 4.06. The number of carbonyl (C=O) groups is 2. The average Bonchev–Trinajstić information content (AvgIpc) is 2.66. The normalized spacial score (nSPS) is 10.9. The molecule has 2 aromatic rings. The van der Waals surface area contributed by atoms with Crippen LogP contribution in [0.3, 0.4) is 0 Å². The number of nitrogens with zero attached hydrogens (tertiary/aromatic N) is 4. The summed E-state index contributed by atoms with van der Waals surface area (Å²) in [6.45, 7) is 4.99. The van der Waals surface area contributed by atoms with Crippen molar-refractivity contribution in [1.29, 1.82) is 0 Å².